The van der Waals surface area contributed by atoms with Crippen molar-refractivity contribution in [1.82, 2.24) is 5.32 Å². The third-order valence-corrected chi connectivity index (χ3v) is 3.48. The number of rotatable bonds is 7. The Hall–Kier alpha value is -0.960. The van der Waals surface area contributed by atoms with Gasteiger partial charge in [0, 0.05) is 11.4 Å². The highest BCUT2D eigenvalue weighted by atomic mass is 32.2. The molecule has 0 aromatic heterocycles. The van der Waals surface area contributed by atoms with Crippen molar-refractivity contribution >= 4 is 17.7 Å². The van der Waals surface area contributed by atoms with E-state index in [0.29, 0.717) is 6.42 Å². The van der Waals surface area contributed by atoms with Gasteiger partial charge in [0.2, 0.25) is 5.91 Å². The van der Waals surface area contributed by atoms with Crippen molar-refractivity contribution in [3.05, 3.63) is 29.8 Å². The number of thioether (sulfide) groups is 1. The lowest BCUT2D eigenvalue weighted by Crippen LogP contribution is -2.26. The number of hydrogen-bond donors (Lipinski definition) is 1. The summed E-state index contributed by atoms with van der Waals surface area (Å²) < 4.78 is 0. The van der Waals surface area contributed by atoms with Gasteiger partial charge in [0.1, 0.15) is 0 Å². The molecule has 1 aromatic rings. The molecular formula is C14H21NOS. The normalized spacial score (nSPS) is 10.2. The lowest BCUT2D eigenvalue weighted by Gasteiger charge is -2.07. The van der Waals surface area contributed by atoms with E-state index in [4.69, 9.17) is 0 Å². The maximum Gasteiger partial charge on any atom is 0.224 e. The first-order chi connectivity index (χ1) is 8.27. The molecule has 0 spiro atoms. The van der Waals surface area contributed by atoms with Gasteiger partial charge in [-0.05, 0) is 24.3 Å². The summed E-state index contributed by atoms with van der Waals surface area (Å²) in [5.41, 5.74) is 1.12. The number of unbranched alkanes of at least 4 members (excludes halogenated alkanes) is 2. The smallest absolute Gasteiger partial charge is 0.224 e. The number of carbonyl (C=O) groups is 1. The summed E-state index contributed by atoms with van der Waals surface area (Å²) in [6, 6.07) is 8.08. The zero-order valence-corrected chi connectivity index (χ0v) is 11.5. The second-order valence-corrected chi connectivity index (χ2v) is 4.89. The van der Waals surface area contributed by atoms with Crippen molar-refractivity contribution in [2.24, 2.45) is 0 Å². The fourth-order valence-corrected chi connectivity index (χ4v) is 2.30. The van der Waals surface area contributed by atoms with Crippen molar-refractivity contribution in [1.29, 1.82) is 0 Å². The average molecular weight is 251 g/mol. The zero-order chi connectivity index (χ0) is 12.5. The highest BCUT2D eigenvalue weighted by Gasteiger charge is 2.06. The molecule has 2 nitrogen and oxygen atoms in total. The van der Waals surface area contributed by atoms with E-state index in [2.05, 4.69) is 18.3 Å². The Bertz CT molecular complexity index is 352. The molecule has 0 saturated heterocycles. The Morgan fingerprint density at radius 2 is 2.06 bits per heavy atom. The van der Waals surface area contributed by atoms with Crippen LogP contribution in [0.5, 0.6) is 0 Å². The SMILES string of the molecule is CCCCCNC(=O)Cc1ccccc1SC. The van der Waals surface area contributed by atoms with Crippen molar-refractivity contribution in [3.8, 4) is 0 Å². The van der Waals surface area contributed by atoms with Crippen LogP contribution in [-0.4, -0.2) is 18.7 Å². The van der Waals surface area contributed by atoms with Gasteiger partial charge in [0.05, 0.1) is 6.42 Å². The van der Waals surface area contributed by atoms with Gasteiger partial charge in [-0.15, -0.1) is 11.8 Å². The van der Waals surface area contributed by atoms with Crippen LogP contribution < -0.4 is 5.32 Å². The maximum atomic E-state index is 11.7. The molecule has 0 aliphatic heterocycles. The molecule has 94 valence electrons. The van der Waals surface area contributed by atoms with Crippen LogP contribution in [0.2, 0.25) is 0 Å². The molecule has 0 bridgehead atoms. The van der Waals surface area contributed by atoms with Crippen LogP contribution in [-0.2, 0) is 11.2 Å². The molecule has 1 rings (SSSR count). The Morgan fingerprint density at radius 3 is 2.76 bits per heavy atom. The standard InChI is InChI=1S/C14H21NOS/c1-3-4-7-10-15-14(16)11-12-8-5-6-9-13(12)17-2/h5-6,8-9H,3-4,7,10-11H2,1-2H3,(H,15,16). The van der Waals surface area contributed by atoms with Gasteiger partial charge < -0.3 is 5.32 Å². The lowest BCUT2D eigenvalue weighted by atomic mass is 10.1. The Morgan fingerprint density at radius 1 is 1.29 bits per heavy atom. The summed E-state index contributed by atoms with van der Waals surface area (Å²) in [4.78, 5) is 12.9. The Kier molecular flexibility index (Phi) is 6.78. The third kappa shape index (κ3) is 5.26. The second-order valence-electron chi connectivity index (χ2n) is 4.05. The van der Waals surface area contributed by atoms with Crippen LogP contribution in [0.25, 0.3) is 0 Å². The van der Waals surface area contributed by atoms with E-state index >= 15 is 0 Å². The van der Waals surface area contributed by atoms with E-state index in [1.807, 2.05) is 24.5 Å². The van der Waals surface area contributed by atoms with E-state index in [-0.39, 0.29) is 5.91 Å². The highest BCUT2D eigenvalue weighted by molar-refractivity contribution is 7.98. The van der Waals surface area contributed by atoms with Crippen LogP contribution >= 0.6 is 11.8 Å². The molecule has 0 unspecified atom stereocenters. The minimum atomic E-state index is 0.127. The van der Waals surface area contributed by atoms with Gasteiger partial charge in [-0.1, -0.05) is 38.0 Å². The van der Waals surface area contributed by atoms with E-state index in [9.17, 15) is 4.79 Å². The van der Waals surface area contributed by atoms with Gasteiger partial charge in [0.25, 0.3) is 0 Å². The summed E-state index contributed by atoms with van der Waals surface area (Å²) in [6.07, 6.45) is 5.97. The number of amides is 1. The van der Waals surface area contributed by atoms with E-state index < -0.39 is 0 Å². The topological polar surface area (TPSA) is 29.1 Å². The van der Waals surface area contributed by atoms with Gasteiger partial charge in [-0.2, -0.15) is 0 Å². The van der Waals surface area contributed by atoms with Crippen molar-refractivity contribution < 1.29 is 4.79 Å². The molecule has 0 heterocycles. The molecule has 1 aromatic carbocycles. The molecule has 0 atom stereocenters. The van der Waals surface area contributed by atoms with Gasteiger partial charge in [0.15, 0.2) is 0 Å². The van der Waals surface area contributed by atoms with E-state index in [0.717, 1.165) is 18.5 Å². The monoisotopic (exact) mass is 251 g/mol. The quantitative estimate of drug-likeness (QED) is 0.595. The maximum absolute atomic E-state index is 11.7. The summed E-state index contributed by atoms with van der Waals surface area (Å²) in [7, 11) is 0. The van der Waals surface area contributed by atoms with Crippen LogP contribution in [0.15, 0.2) is 29.2 Å². The third-order valence-electron chi connectivity index (χ3n) is 2.65. The minimum absolute atomic E-state index is 0.127. The van der Waals surface area contributed by atoms with Crippen molar-refractivity contribution in [3.63, 3.8) is 0 Å². The number of nitrogens with one attached hydrogen (secondary N) is 1. The molecule has 0 fully saturated rings. The van der Waals surface area contributed by atoms with Gasteiger partial charge in [-0.3, -0.25) is 4.79 Å². The zero-order valence-electron chi connectivity index (χ0n) is 10.7. The Balaban J connectivity index is 2.39. The first-order valence-corrected chi connectivity index (χ1v) is 7.39. The van der Waals surface area contributed by atoms with Crippen LogP contribution in [0.3, 0.4) is 0 Å². The fourth-order valence-electron chi connectivity index (χ4n) is 1.69. The molecule has 3 heteroatoms. The lowest BCUT2D eigenvalue weighted by molar-refractivity contribution is -0.120. The van der Waals surface area contributed by atoms with Crippen molar-refractivity contribution in [2.45, 2.75) is 37.5 Å². The van der Waals surface area contributed by atoms with Crippen molar-refractivity contribution in [2.75, 3.05) is 12.8 Å². The summed E-state index contributed by atoms with van der Waals surface area (Å²) in [5.74, 6) is 0.127. The van der Waals surface area contributed by atoms with Crippen LogP contribution in [0.1, 0.15) is 31.7 Å². The molecule has 1 amide bonds. The average Bonchev–Trinajstić information content (AvgIpc) is 2.35. The molecular weight excluding hydrogens is 230 g/mol. The highest BCUT2D eigenvalue weighted by Crippen LogP contribution is 2.20. The predicted molar refractivity (Wildman–Crippen MR) is 74.5 cm³/mol. The second kappa shape index (κ2) is 8.18. The molecule has 0 saturated carbocycles. The number of carbonyl (C=O) groups excluding carboxylic acids is 1. The van der Waals surface area contributed by atoms with Crippen LogP contribution in [0.4, 0.5) is 0 Å². The summed E-state index contributed by atoms with van der Waals surface area (Å²) in [6.45, 7) is 2.96. The number of hydrogen-bond acceptors (Lipinski definition) is 2. The summed E-state index contributed by atoms with van der Waals surface area (Å²) in [5, 5.41) is 2.97. The first-order valence-electron chi connectivity index (χ1n) is 6.16. The molecule has 0 aliphatic carbocycles. The van der Waals surface area contributed by atoms with Gasteiger partial charge >= 0.3 is 0 Å². The largest absolute Gasteiger partial charge is 0.356 e. The predicted octanol–water partition coefficient (Wildman–Crippen LogP) is 3.26. The molecule has 0 radical (unpaired) electrons. The van der Waals surface area contributed by atoms with E-state index in [1.165, 1.54) is 17.7 Å². The minimum Gasteiger partial charge on any atom is -0.356 e. The molecule has 17 heavy (non-hydrogen) atoms. The molecule has 0 aliphatic rings. The Labute approximate surface area is 108 Å². The number of benzene rings is 1. The fraction of sp³-hybridized carbons (Fsp3) is 0.500. The summed E-state index contributed by atoms with van der Waals surface area (Å²) >= 11 is 1.69. The van der Waals surface area contributed by atoms with Gasteiger partial charge in [-0.25, -0.2) is 0 Å². The molecule has 1 N–H and O–H groups in total. The first kappa shape index (κ1) is 14.1. The van der Waals surface area contributed by atoms with Crippen LogP contribution in [0, 0.1) is 0 Å². The van der Waals surface area contributed by atoms with E-state index in [1.54, 1.807) is 11.8 Å².